The molecule has 1 N–H and O–H groups in total. The van der Waals surface area contributed by atoms with Crippen LogP contribution >= 0.6 is 0 Å². The van der Waals surface area contributed by atoms with Gasteiger partial charge < -0.3 is 14.8 Å². The third-order valence-corrected chi connectivity index (χ3v) is 4.67. The van der Waals surface area contributed by atoms with Crippen LogP contribution in [0, 0.1) is 0 Å². The lowest BCUT2D eigenvalue weighted by atomic mass is 9.92. The van der Waals surface area contributed by atoms with Gasteiger partial charge in [-0.1, -0.05) is 31.2 Å². The van der Waals surface area contributed by atoms with Crippen LogP contribution in [-0.2, 0) is 6.54 Å². The predicted molar refractivity (Wildman–Crippen MR) is 91.6 cm³/mol. The van der Waals surface area contributed by atoms with Gasteiger partial charge in [0.1, 0.15) is 0 Å². The first-order valence-electron chi connectivity index (χ1n) is 8.25. The molecule has 0 fully saturated rings. The lowest BCUT2D eigenvalue weighted by molar-refractivity contribution is 0.174. The van der Waals surface area contributed by atoms with Crippen molar-refractivity contribution in [3.63, 3.8) is 0 Å². The van der Waals surface area contributed by atoms with Crippen molar-refractivity contribution in [3.8, 4) is 11.5 Å². The summed E-state index contributed by atoms with van der Waals surface area (Å²) in [5, 5.41) is 3.01. The van der Waals surface area contributed by atoms with E-state index in [0.717, 1.165) is 35.7 Å². The largest absolute Gasteiger partial charge is 0.454 e. The highest BCUT2D eigenvalue weighted by atomic mass is 16.7. The summed E-state index contributed by atoms with van der Waals surface area (Å²) in [5.74, 6) is 1.97. The van der Waals surface area contributed by atoms with Crippen LogP contribution in [0.1, 0.15) is 30.4 Å². The molecule has 1 atom stereocenters. The third kappa shape index (κ3) is 2.66. The first-order chi connectivity index (χ1) is 11.7. The zero-order valence-corrected chi connectivity index (χ0v) is 13.6. The first kappa shape index (κ1) is 14.9. The normalized spacial score (nSPS) is 18.2. The number of carbonyl (C=O) groups is 1. The molecule has 2 aromatic carbocycles. The summed E-state index contributed by atoms with van der Waals surface area (Å²) in [6, 6.07) is 13.8. The van der Waals surface area contributed by atoms with Crippen molar-refractivity contribution in [2.75, 3.05) is 18.2 Å². The quantitative estimate of drug-likeness (QED) is 0.917. The Balaban J connectivity index is 1.46. The van der Waals surface area contributed by atoms with Crippen molar-refractivity contribution in [3.05, 3.63) is 53.6 Å². The van der Waals surface area contributed by atoms with Crippen molar-refractivity contribution >= 4 is 11.7 Å². The molecule has 0 saturated carbocycles. The van der Waals surface area contributed by atoms with Crippen LogP contribution in [0.3, 0.4) is 0 Å². The molecule has 24 heavy (non-hydrogen) atoms. The van der Waals surface area contributed by atoms with Gasteiger partial charge in [-0.05, 0) is 41.7 Å². The Morgan fingerprint density at radius 2 is 2.04 bits per heavy atom. The SMILES string of the molecule is C[C@H]1CCN(C(=O)NCc2ccc3c(c2)OCO3)c2ccccc21. The molecule has 0 bridgehead atoms. The molecule has 0 saturated heterocycles. The molecule has 5 heteroatoms. The maximum absolute atomic E-state index is 12.6. The summed E-state index contributed by atoms with van der Waals surface area (Å²) in [4.78, 5) is 14.5. The number of fused-ring (bicyclic) bond motifs is 2. The number of anilines is 1. The summed E-state index contributed by atoms with van der Waals surface area (Å²) in [7, 11) is 0. The topological polar surface area (TPSA) is 50.8 Å². The van der Waals surface area contributed by atoms with E-state index >= 15 is 0 Å². The number of hydrogen-bond acceptors (Lipinski definition) is 3. The second kappa shape index (κ2) is 6.07. The Hall–Kier alpha value is -2.69. The molecule has 124 valence electrons. The molecule has 0 unspecified atom stereocenters. The zero-order valence-electron chi connectivity index (χ0n) is 13.6. The summed E-state index contributed by atoms with van der Waals surface area (Å²) >= 11 is 0. The molecule has 0 spiro atoms. The average Bonchev–Trinajstić information content (AvgIpc) is 3.08. The molecule has 0 aliphatic carbocycles. The molecule has 5 nitrogen and oxygen atoms in total. The molecule has 2 aliphatic heterocycles. The summed E-state index contributed by atoms with van der Waals surface area (Å²) < 4.78 is 10.7. The third-order valence-electron chi connectivity index (χ3n) is 4.67. The lowest BCUT2D eigenvalue weighted by Crippen LogP contribution is -2.43. The fourth-order valence-electron chi connectivity index (χ4n) is 3.28. The highest BCUT2D eigenvalue weighted by Crippen LogP contribution is 2.35. The summed E-state index contributed by atoms with van der Waals surface area (Å²) in [5.41, 5.74) is 3.24. The van der Waals surface area contributed by atoms with Crippen molar-refractivity contribution in [1.29, 1.82) is 0 Å². The molecule has 0 radical (unpaired) electrons. The Kier molecular flexibility index (Phi) is 3.76. The number of benzene rings is 2. The van der Waals surface area contributed by atoms with E-state index in [4.69, 9.17) is 9.47 Å². The predicted octanol–water partition coefficient (Wildman–Crippen LogP) is 3.64. The standard InChI is InChI=1S/C19H20N2O3/c1-13-8-9-21(16-5-3-2-4-15(13)16)19(22)20-11-14-6-7-17-18(10-14)24-12-23-17/h2-7,10,13H,8-9,11-12H2,1H3,(H,20,22)/t13-/m0/s1. The minimum Gasteiger partial charge on any atom is -0.454 e. The monoisotopic (exact) mass is 324 g/mol. The molecule has 2 aliphatic rings. The molecule has 2 aromatic rings. The highest BCUT2D eigenvalue weighted by molar-refractivity contribution is 5.93. The number of amides is 2. The fourth-order valence-corrected chi connectivity index (χ4v) is 3.28. The van der Waals surface area contributed by atoms with Crippen LogP contribution in [0.4, 0.5) is 10.5 Å². The number of nitrogens with one attached hydrogen (secondary N) is 1. The molecular weight excluding hydrogens is 304 g/mol. The highest BCUT2D eigenvalue weighted by Gasteiger charge is 2.26. The molecular formula is C19H20N2O3. The van der Waals surface area contributed by atoms with E-state index in [2.05, 4.69) is 18.3 Å². The second-order valence-corrected chi connectivity index (χ2v) is 6.25. The molecule has 0 aromatic heterocycles. The van der Waals surface area contributed by atoms with Crippen molar-refractivity contribution in [2.45, 2.75) is 25.8 Å². The maximum atomic E-state index is 12.6. The molecule has 4 rings (SSSR count). The van der Waals surface area contributed by atoms with Gasteiger partial charge in [0.15, 0.2) is 11.5 Å². The number of rotatable bonds is 2. The Morgan fingerprint density at radius 1 is 1.21 bits per heavy atom. The minimum absolute atomic E-state index is 0.0629. The number of urea groups is 1. The number of carbonyl (C=O) groups excluding carboxylic acids is 1. The van der Waals surface area contributed by atoms with Crippen LogP contribution in [0.25, 0.3) is 0 Å². The van der Waals surface area contributed by atoms with E-state index in [1.807, 2.05) is 41.3 Å². The summed E-state index contributed by atoms with van der Waals surface area (Å²) in [6.45, 7) is 3.67. The van der Waals surface area contributed by atoms with Crippen LogP contribution in [-0.4, -0.2) is 19.4 Å². The van der Waals surface area contributed by atoms with Gasteiger partial charge >= 0.3 is 6.03 Å². The van der Waals surface area contributed by atoms with Gasteiger partial charge in [0, 0.05) is 18.8 Å². The van der Waals surface area contributed by atoms with Crippen LogP contribution < -0.4 is 19.7 Å². The second-order valence-electron chi connectivity index (χ2n) is 6.25. The fraction of sp³-hybridized carbons (Fsp3) is 0.316. The van der Waals surface area contributed by atoms with Gasteiger partial charge in [-0.25, -0.2) is 4.79 Å². The Bertz CT molecular complexity index is 775. The summed E-state index contributed by atoms with van der Waals surface area (Å²) in [6.07, 6.45) is 0.981. The zero-order chi connectivity index (χ0) is 16.5. The maximum Gasteiger partial charge on any atom is 0.322 e. The number of ether oxygens (including phenoxy) is 2. The van der Waals surface area contributed by atoms with E-state index in [1.165, 1.54) is 5.56 Å². The van der Waals surface area contributed by atoms with Crippen LogP contribution in [0.2, 0.25) is 0 Å². The van der Waals surface area contributed by atoms with Crippen molar-refractivity contribution in [2.24, 2.45) is 0 Å². The smallest absolute Gasteiger partial charge is 0.322 e. The average molecular weight is 324 g/mol. The van der Waals surface area contributed by atoms with E-state index in [-0.39, 0.29) is 12.8 Å². The molecule has 2 heterocycles. The van der Waals surface area contributed by atoms with Crippen LogP contribution in [0.5, 0.6) is 11.5 Å². The van der Waals surface area contributed by atoms with Gasteiger partial charge in [-0.15, -0.1) is 0 Å². The van der Waals surface area contributed by atoms with E-state index in [0.29, 0.717) is 12.5 Å². The van der Waals surface area contributed by atoms with Crippen molar-refractivity contribution < 1.29 is 14.3 Å². The van der Waals surface area contributed by atoms with E-state index in [9.17, 15) is 4.79 Å². The van der Waals surface area contributed by atoms with Gasteiger partial charge in [-0.2, -0.15) is 0 Å². The van der Waals surface area contributed by atoms with Gasteiger partial charge in [-0.3, -0.25) is 4.90 Å². The van der Waals surface area contributed by atoms with E-state index < -0.39 is 0 Å². The van der Waals surface area contributed by atoms with Gasteiger partial charge in [0.2, 0.25) is 6.79 Å². The lowest BCUT2D eigenvalue weighted by Gasteiger charge is -2.32. The van der Waals surface area contributed by atoms with Gasteiger partial charge in [0.05, 0.1) is 0 Å². The minimum atomic E-state index is -0.0629. The molecule has 2 amide bonds. The van der Waals surface area contributed by atoms with Crippen LogP contribution in [0.15, 0.2) is 42.5 Å². The first-order valence-corrected chi connectivity index (χ1v) is 8.25. The number of hydrogen-bond donors (Lipinski definition) is 1. The Labute approximate surface area is 141 Å². The number of nitrogens with zero attached hydrogens (tertiary/aromatic N) is 1. The Morgan fingerprint density at radius 3 is 2.96 bits per heavy atom. The number of para-hydroxylation sites is 1. The van der Waals surface area contributed by atoms with Crippen molar-refractivity contribution in [1.82, 2.24) is 5.32 Å². The van der Waals surface area contributed by atoms with Gasteiger partial charge in [0.25, 0.3) is 0 Å². The van der Waals surface area contributed by atoms with E-state index in [1.54, 1.807) is 0 Å².